The Morgan fingerprint density at radius 1 is 1.31 bits per heavy atom. The first-order chi connectivity index (χ1) is 16.8. The number of imidazole rings is 1. The van der Waals surface area contributed by atoms with Gasteiger partial charge in [-0.25, -0.2) is 4.98 Å². The van der Waals surface area contributed by atoms with Gasteiger partial charge in [0.1, 0.15) is 17.7 Å². The van der Waals surface area contributed by atoms with E-state index in [-0.39, 0.29) is 11.7 Å². The lowest BCUT2D eigenvalue weighted by Crippen LogP contribution is -2.43. The zero-order valence-electron chi connectivity index (χ0n) is 19.5. The van der Waals surface area contributed by atoms with Crippen LogP contribution in [0, 0.1) is 15.6 Å². The Morgan fingerprint density at radius 3 is 2.83 bits per heavy atom. The Hall–Kier alpha value is -2.54. The first kappa shape index (κ1) is 24.2. The van der Waals surface area contributed by atoms with E-state index >= 15 is 0 Å². The van der Waals surface area contributed by atoms with Gasteiger partial charge in [-0.05, 0) is 78.0 Å². The highest BCUT2D eigenvalue weighted by Gasteiger charge is 2.26. The van der Waals surface area contributed by atoms with Gasteiger partial charge < -0.3 is 25.0 Å². The van der Waals surface area contributed by atoms with E-state index in [0.717, 1.165) is 46.4 Å². The molecule has 0 spiro atoms. The van der Waals surface area contributed by atoms with Crippen molar-refractivity contribution in [1.82, 2.24) is 24.4 Å². The van der Waals surface area contributed by atoms with Gasteiger partial charge in [0.15, 0.2) is 17.0 Å². The molecule has 0 saturated carbocycles. The maximum atomic E-state index is 14.1. The van der Waals surface area contributed by atoms with Gasteiger partial charge in [0.25, 0.3) is 5.91 Å². The van der Waals surface area contributed by atoms with Gasteiger partial charge in [0.05, 0.1) is 6.61 Å². The van der Waals surface area contributed by atoms with Crippen molar-refractivity contribution in [3.05, 3.63) is 38.7 Å². The number of ether oxygens (including phenoxy) is 1. The second-order valence-electron chi connectivity index (χ2n) is 9.29. The lowest BCUT2D eigenvalue weighted by molar-refractivity contribution is -0.140. The van der Waals surface area contributed by atoms with Crippen LogP contribution in [0.4, 0.5) is 10.2 Å². The van der Waals surface area contributed by atoms with Gasteiger partial charge in [0, 0.05) is 36.0 Å². The van der Waals surface area contributed by atoms with Crippen molar-refractivity contribution < 1.29 is 19.0 Å². The van der Waals surface area contributed by atoms with Crippen molar-refractivity contribution in [2.75, 3.05) is 25.4 Å². The van der Waals surface area contributed by atoms with Crippen LogP contribution in [0.3, 0.4) is 0 Å². The van der Waals surface area contributed by atoms with Gasteiger partial charge in [-0.2, -0.15) is 14.4 Å². The van der Waals surface area contributed by atoms with E-state index < -0.39 is 12.2 Å². The standard InChI is InChI=1S/C24H28FIN6O3/c1-13(33)23(34)31-6-2-14(3-7-31)4-8-32-19(28-20-21(27)29-24(25)30-22(20)32)12-16-11-18-15(5-9-35-18)10-17(16)26/h10-11,13-14,33H,2-9,12H2,1H3,(H2,27,29,30)/t13-/m0/s1. The molecule has 3 aromatic rings. The highest BCUT2D eigenvalue weighted by molar-refractivity contribution is 14.1. The largest absolute Gasteiger partial charge is 0.493 e. The van der Waals surface area contributed by atoms with Crippen molar-refractivity contribution in [3.8, 4) is 5.75 Å². The third-order valence-electron chi connectivity index (χ3n) is 6.93. The summed E-state index contributed by atoms with van der Waals surface area (Å²) >= 11 is 2.34. The Morgan fingerprint density at radius 2 is 2.09 bits per heavy atom. The lowest BCUT2D eigenvalue weighted by Gasteiger charge is -2.32. The van der Waals surface area contributed by atoms with Crippen LogP contribution in [-0.4, -0.2) is 61.2 Å². The predicted octanol–water partition coefficient (Wildman–Crippen LogP) is 2.69. The van der Waals surface area contributed by atoms with Crippen molar-refractivity contribution in [3.63, 3.8) is 0 Å². The number of aryl methyl sites for hydroxylation is 1. The highest BCUT2D eigenvalue weighted by Crippen LogP contribution is 2.32. The molecule has 9 nitrogen and oxygen atoms in total. The number of amides is 1. The number of carbonyl (C=O) groups excluding carboxylic acids is 1. The van der Waals surface area contributed by atoms with Crippen LogP contribution < -0.4 is 10.5 Å². The number of benzene rings is 1. The molecule has 0 aliphatic carbocycles. The van der Waals surface area contributed by atoms with Crippen LogP contribution in [0.25, 0.3) is 11.2 Å². The Bertz CT molecular complexity index is 1270. The third-order valence-corrected chi connectivity index (χ3v) is 7.93. The molecular weight excluding hydrogens is 566 g/mol. The molecule has 0 unspecified atom stereocenters. The normalized spacial score (nSPS) is 17.0. The van der Waals surface area contributed by atoms with Crippen molar-refractivity contribution in [2.24, 2.45) is 5.92 Å². The summed E-state index contributed by atoms with van der Waals surface area (Å²) in [4.78, 5) is 26.2. The fourth-order valence-corrected chi connectivity index (χ4v) is 5.69. The maximum Gasteiger partial charge on any atom is 0.312 e. The third kappa shape index (κ3) is 4.92. The van der Waals surface area contributed by atoms with Crippen molar-refractivity contribution in [1.29, 1.82) is 0 Å². The molecule has 2 aromatic heterocycles. The molecule has 1 atom stereocenters. The quantitative estimate of drug-likeness (QED) is 0.333. The van der Waals surface area contributed by atoms with E-state index in [1.807, 2.05) is 4.57 Å². The molecule has 5 rings (SSSR count). The molecular formula is C24H28FIN6O3. The fraction of sp³-hybridized carbons (Fsp3) is 0.500. The van der Waals surface area contributed by atoms with Crippen molar-refractivity contribution in [2.45, 2.75) is 51.7 Å². The van der Waals surface area contributed by atoms with Gasteiger partial charge in [-0.3, -0.25) is 4.79 Å². The molecule has 4 heterocycles. The number of hydrogen-bond donors (Lipinski definition) is 2. The van der Waals surface area contributed by atoms with Crippen molar-refractivity contribution >= 4 is 45.5 Å². The molecule has 0 bridgehead atoms. The number of aromatic nitrogens is 4. The van der Waals surface area contributed by atoms with Crippen LogP contribution in [0.1, 0.15) is 43.1 Å². The molecule has 1 fully saturated rings. The zero-order valence-corrected chi connectivity index (χ0v) is 21.7. The average Bonchev–Trinajstić information content (AvgIpc) is 3.41. The number of aliphatic hydroxyl groups is 1. The van der Waals surface area contributed by atoms with Gasteiger partial charge in [-0.15, -0.1) is 0 Å². The molecule has 1 aromatic carbocycles. The molecule has 1 amide bonds. The van der Waals surface area contributed by atoms with E-state index in [2.05, 4.69) is 44.7 Å². The fourth-order valence-electron chi connectivity index (χ4n) is 4.97. The molecule has 11 heteroatoms. The summed E-state index contributed by atoms with van der Waals surface area (Å²) in [5.74, 6) is 1.87. The molecule has 2 aliphatic heterocycles. The second kappa shape index (κ2) is 9.84. The monoisotopic (exact) mass is 594 g/mol. The number of fused-ring (bicyclic) bond motifs is 2. The lowest BCUT2D eigenvalue weighted by atomic mass is 9.93. The van der Waals surface area contributed by atoms with Gasteiger partial charge in [0.2, 0.25) is 0 Å². The summed E-state index contributed by atoms with van der Waals surface area (Å²) in [6.45, 7) is 4.06. The number of nitrogens with two attached hydrogens (primary N) is 1. The number of anilines is 1. The predicted molar refractivity (Wildman–Crippen MR) is 136 cm³/mol. The topological polar surface area (TPSA) is 119 Å². The maximum absolute atomic E-state index is 14.1. The van der Waals surface area contributed by atoms with Crippen LogP contribution in [0.5, 0.6) is 5.75 Å². The van der Waals surface area contributed by atoms with Gasteiger partial charge >= 0.3 is 6.08 Å². The summed E-state index contributed by atoms with van der Waals surface area (Å²) in [6.07, 6.45) is 2.15. The average molecular weight is 594 g/mol. The number of aliphatic hydroxyl groups excluding tert-OH is 1. The number of rotatable bonds is 6. The van der Waals surface area contributed by atoms with Crippen LogP contribution >= 0.6 is 22.6 Å². The Labute approximate surface area is 216 Å². The first-order valence-corrected chi connectivity index (χ1v) is 13.0. The first-order valence-electron chi connectivity index (χ1n) is 11.9. The number of halogens is 2. The summed E-state index contributed by atoms with van der Waals surface area (Å²) in [5, 5.41) is 9.57. The number of carbonyl (C=O) groups is 1. The minimum absolute atomic E-state index is 0.0319. The minimum atomic E-state index is -0.973. The number of piperidine rings is 1. The number of nitrogens with zero attached hydrogens (tertiary/aromatic N) is 5. The smallest absolute Gasteiger partial charge is 0.312 e. The Kier molecular flexibility index (Phi) is 6.80. The van der Waals surface area contributed by atoms with E-state index in [1.165, 1.54) is 12.5 Å². The van der Waals surface area contributed by atoms with Crippen LogP contribution in [-0.2, 0) is 24.2 Å². The highest BCUT2D eigenvalue weighted by atomic mass is 127. The van der Waals surface area contributed by atoms with E-state index in [9.17, 15) is 14.3 Å². The van der Waals surface area contributed by atoms with E-state index in [1.54, 1.807) is 4.90 Å². The summed E-state index contributed by atoms with van der Waals surface area (Å²) < 4.78 is 22.9. The number of nitrogen functional groups attached to an aromatic ring is 1. The van der Waals surface area contributed by atoms with Gasteiger partial charge in [-0.1, -0.05) is 0 Å². The molecule has 3 N–H and O–H groups in total. The molecule has 0 radical (unpaired) electrons. The summed E-state index contributed by atoms with van der Waals surface area (Å²) in [5.41, 5.74) is 9.10. The number of hydrogen-bond acceptors (Lipinski definition) is 7. The second-order valence-corrected chi connectivity index (χ2v) is 10.5. The Balaban J connectivity index is 1.38. The number of likely N-dealkylation sites (tertiary alicyclic amines) is 1. The molecule has 35 heavy (non-hydrogen) atoms. The zero-order chi connectivity index (χ0) is 24.7. The van der Waals surface area contributed by atoms with Crippen LogP contribution in [0.15, 0.2) is 12.1 Å². The SMILES string of the molecule is C[C@H](O)C(=O)N1CCC(CCn2c(Cc3cc4c(cc3I)CCO4)nc3c(N)nc(F)nc32)CC1. The van der Waals surface area contributed by atoms with E-state index in [0.29, 0.717) is 49.7 Å². The summed E-state index contributed by atoms with van der Waals surface area (Å²) in [7, 11) is 0. The van der Waals surface area contributed by atoms with E-state index in [4.69, 9.17) is 15.5 Å². The summed E-state index contributed by atoms with van der Waals surface area (Å²) in [6, 6.07) is 4.22. The minimum Gasteiger partial charge on any atom is -0.493 e. The van der Waals surface area contributed by atoms with Crippen LogP contribution in [0.2, 0.25) is 0 Å². The molecule has 186 valence electrons. The molecule has 2 aliphatic rings. The molecule has 1 saturated heterocycles.